The summed E-state index contributed by atoms with van der Waals surface area (Å²) in [5, 5.41) is 12.4. The van der Waals surface area contributed by atoms with E-state index >= 15 is 0 Å². The van der Waals surface area contributed by atoms with Crippen LogP contribution in [-0.2, 0) is 16.7 Å². The van der Waals surface area contributed by atoms with E-state index in [4.69, 9.17) is 5.73 Å². The van der Waals surface area contributed by atoms with Crippen LogP contribution in [-0.4, -0.2) is 37.9 Å². The fraction of sp³-hybridized carbons (Fsp3) is 0.444. The van der Waals surface area contributed by atoms with Crippen molar-refractivity contribution < 1.29 is 42.5 Å². The standard InChI is InChI=1S/C9H13N7O3S2.Na/c1-6-7(13-14-9-11-5-12-20-9)8(10)16(15-6)3-2-4-21(17,18)19;/h5H,2-4,10H2,1H3,(H,17,18,19);/q;+1/p-1. The number of aryl methyl sites for hydroxylation is 2. The Bertz CT molecular complexity index is 742. The summed E-state index contributed by atoms with van der Waals surface area (Å²) in [5.74, 6) is -0.212. The Hall–Kier alpha value is -0.920. The van der Waals surface area contributed by atoms with Gasteiger partial charge >= 0.3 is 29.6 Å². The molecular formula is C9H12N7NaO3S2. The molecule has 0 spiro atoms. The maximum atomic E-state index is 10.6. The van der Waals surface area contributed by atoms with E-state index in [2.05, 4.69) is 24.7 Å². The summed E-state index contributed by atoms with van der Waals surface area (Å²) in [4.78, 5) is 3.85. The minimum Gasteiger partial charge on any atom is -0.748 e. The molecule has 0 saturated carbocycles. The van der Waals surface area contributed by atoms with Gasteiger partial charge in [-0.15, -0.1) is 10.2 Å². The topological polar surface area (TPSA) is 152 Å². The molecule has 2 rings (SSSR count). The molecule has 0 unspecified atom stereocenters. The van der Waals surface area contributed by atoms with Crippen LogP contribution >= 0.6 is 11.5 Å². The average molecular weight is 353 g/mol. The first-order valence-corrected chi connectivity index (χ1v) is 8.17. The van der Waals surface area contributed by atoms with Gasteiger partial charge in [-0.25, -0.2) is 18.1 Å². The summed E-state index contributed by atoms with van der Waals surface area (Å²) in [6.45, 7) is 1.91. The SMILES string of the molecule is Cc1nn(CCCS(=O)(=O)[O-])c(N)c1N=Nc1ncns1.[Na+]. The van der Waals surface area contributed by atoms with Crippen molar-refractivity contribution >= 4 is 38.3 Å². The van der Waals surface area contributed by atoms with Crippen LogP contribution in [0.3, 0.4) is 0 Å². The number of nitrogens with two attached hydrogens (primary N) is 1. The van der Waals surface area contributed by atoms with Gasteiger partial charge in [0, 0.05) is 23.8 Å². The monoisotopic (exact) mass is 353 g/mol. The molecule has 0 aliphatic carbocycles. The Balaban J connectivity index is 0.00000242. The van der Waals surface area contributed by atoms with Crippen LogP contribution in [0.1, 0.15) is 12.1 Å². The number of rotatable bonds is 6. The molecule has 2 N–H and O–H groups in total. The van der Waals surface area contributed by atoms with Gasteiger partial charge in [-0.1, -0.05) is 0 Å². The Kier molecular flexibility index (Phi) is 7.02. The van der Waals surface area contributed by atoms with Gasteiger partial charge in [0.25, 0.3) is 0 Å². The van der Waals surface area contributed by atoms with E-state index in [0.717, 1.165) is 11.5 Å². The van der Waals surface area contributed by atoms with Gasteiger partial charge in [0.15, 0.2) is 5.69 Å². The molecule has 0 radical (unpaired) electrons. The number of anilines is 1. The van der Waals surface area contributed by atoms with Crippen LogP contribution in [0.15, 0.2) is 16.6 Å². The van der Waals surface area contributed by atoms with Crippen LogP contribution in [0.5, 0.6) is 0 Å². The number of hydrogen-bond donors (Lipinski definition) is 1. The molecule has 10 nitrogen and oxygen atoms in total. The summed E-state index contributed by atoms with van der Waals surface area (Å²) >= 11 is 1.09. The minimum absolute atomic E-state index is 0. The zero-order chi connectivity index (χ0) is 15.5. The van der Waals surface area contributed by atoms with Crippen molar-refractivity contribution in [1.82, 2.24) is 19.1 Å². The summed E-state index contributed by atoms with van der Waals surface area (Å²) in [5.41, 5.74) is 6.81. The average Bonchev–Trinajstić information content (AvgIpc) is 2.96. The fourth-order valence-corrected chi connectivity index (χ4v) is 2.42. The molecule has 2 aromatic heterocycles. The van der Waals surface area contributed by atoms with Crippen LogP contribution in [0.2, 0.25) is 0 Å². The first-order valence-electron chi connectivity index (χ1n) is 5.81. The minimum atomic E-state index is -4.24. The zero-order valence-corrected chi connectivity index (χ0v) is 15.6. The number of nitrogen functional groups attached to an aromatic ring is 1. The van der Waals surface area contributed by atoms with E-state index in [1.807, 2.05) is 0 Å². The molecule has 0 amide bonds. The third kappa shape index (κ3) is 5.37. The summed E-state index contributed by atoms with van der Waals surface area (Å²) in [6, 6.07) is 0. The second kappa shape index (κ2) is 8.08. The van der Waals surface area contributed by atoms with E-state index in [-0.39, 0.29) is 48.3 Å². The molecule has 0 saturated heterocycles. The maximum Gasteiger partial charge on any atom is 1.00 e. The molecule has 2 heterocycles. The normalized spacial score (nSPS) is 11.7. The number of hydrogen-bond acceptors (Lipinski definition) is 10. The molecule has 0 bridgehead atoms. The molecular weight excluding hydrogens is 341 g/mol. The van der Waals surface area contributed by atoms with Crippen molar-refractivity contribution in [2.45, 2.75) is 19.9 Å². The van der Waals surface area contributed by atoms with Crippen LogP contribution in [0.4, 0.5) is 16.6 Å². The molecule has 0 fully saturated rings. The van der Waals surface area contributed by atoms with Gasteiger partial charge in [-0.3, -0.25) is 0 Å². The third-order valence-electron chi connectivity index (χ3n) is 2.48. The van der Waals surface area contributed by atoms with E-state index in [9.17, 15) is 13.0 Å². The molecule has 114 valence electrons. The van der Waals surface area contributed by atoms with Crippen LogP contribution in [0.25, 0.3) is 0 Å². The molecule has 0 aliphatic heterocycles. The van der Waals surface area contributed by atoms with Crippen LogP contribution in [0, 0.1) is 6.92 Å². The Labute approximate surface area is 153 Å². The number of aromatic nitrogens is 4. The van der Waals surface area contributed by atoms with Crippen molar-refractivity contribution in [2.75, 3.05) is 11.5 Å². The fourth-order valence-electron chi connectivity index (χ4n) is 1.58. The van der Waals surface area contributed by atoms with Crippen molar-refractivity contribution in [3.63, 3.8) is 0 Å². The van der Waals surface area contributed by atoms with Crippen molar-refractivity contribution in [1.29, 1.82) is 0 Å². The molecule has 22 heavy (non-hydrogen) atoms. The molecule has 0 aromatic carbocycles. The molecule has 0 aliphatic rings. The van der Waals surface area contributed by atoms with Crippen molar-refractivity contribution in [3.05, 3.63) is 12.0 Å². The van der Waals surface area contributed by atoms with Gasteiger partial charge in [0.1, 0.15) is 12.1 Å². The van der Waals surface area contributed by atoms with Gasteiger partial charge < -0.3 is 10.3 Å². The largest absolute Gasteiger partial charge is 1.00 e. The van der Waals surface area contributed by atoms with Crippen molar-refractivity contribution in [3.8, 4) is 0 Å². The predicted octanol–water partition coefficient (Wildman–Crippen LogP) is -2.02. The predicted molar refractivity (Wildman–Crippen MR) is 74.6 cm³/mol. The van der Waals surface area contributed by atoms with Gasteiger partial charge in [-0.2, -0.15) is 9.47 Å². The summed E-state index contributed by atoms with van der Waals surface area (Å²) < 4.78 is 36.8. The van der Waals surface area contributed by atoms with E-state index < -0.39 is 15.9 Å². The Morgan fingerprint density at radius 3 is 2.77 bits per heavy atom. The Morgan fingerprint density at radius 2 is 2.18 bits per heavy atom. The number of azo groups is 1. The molecule has 2 aromatic rings. The smallest absolute Gasteiger partial charge is 0.748 e. The van der Waals surface area contributed by atoms with Crippen LogP contribution < -0.4 is 35.3 Å². The maximum absolute atomic E-state index is 10.6. The number of nitrogens with zero attached hydrogens (tertiary/aromatic N) is 6. The quantitative estimate of drug-likeness (QED) is 0.357. The van der Waals surface area contributed by atoms with E-state index in [0.29, 0.717) is 16.5 Å². The van der Waals surface area contributed by atoms with E-state index in [1.165, 1.54) is 11.0 Å². The zero-order valence-electron chi connectivity index (χ0n) is 12.0. The second-order valence-corrected chi connectivity index (χ2v) is 6.36. The summed E-state index contributed by atoms with van der Waals surface area (Å²) in [7, 11) is -4.24. The first kappa shape index (κ1) is 19.1. The van der Waals surface area contributed by atoms with Gasteiger partial charge in [-0.05, 0) is 13.3 Å². The Morgan fingerprint density at radius 1 is 1.45 bits per heavy atom. The van der Waals surface area contributed by atoms with E-state index in [1.54, 1.807) is 6.92 Å². The molecule has 13 heteroatoms. The third-order valence-corrected chi connectivity index (χ3v) is 3.82. The molecule has 0 atom stereocenters. The van der Waals surface area contributed by atoms with Gasteiger partial charge in [0.2, 0.25) is 5.13 Å². The first-order chi connectivity index (χ1) is 9.87. The van der Waals surface area contributed by atoms with Gasteiger partial charge in [0.05, 0.1) is 15.8 Å². The van der Waals surface area contributed by atoms with Crippen molar-refractivity contribution in [2.24, 2.45) is 10.2 Å². The second-order valence-electron chi connectivity index (χ2n) is 4.08. The summed E-state index contributed by atoms with van der Waals surface area (Å²) in [6.07, 6.45) is 1.49.